The van der Waals surface area contributed by atoms with Gasteiger partial charge in [0.15, 0.2) is 11.5 Å². The van der Waals surface area contributed by atoms with E-state index in [0.717, 1.165) is 51.3 Å². The molecule has 2 aromatic rings. The molecule has 27 heavy (non-hydrogen) atoms. The molecule has 0 radical (unpaired) electrons. The van der Waals surface area contributed by atoms with Crippen LogP contribution < -0.4 is 9.47 Å². The molecule has 7 heteroatoms. The van der Waals surface area contributed by atoms with Gasteiger partial charge in [0, 0.05) is 51.3 Å². The topological polar surface area (TPSA) is 63.9 Å². The zero-order valence-corrected chi connectivity index (χ0v) is 16.4. The van der Waals surface area contributed by atoms with Gasteiger partial charge in [-0.05, 0) is 25.1 Å². The number of rotatable bonds is 8. The van der Waals surface area contributed by atoms with E-state index < -0.39 is 0 Å². The molecule has 1 fully saturated rings. The molecule has 0 bridgehead atoms. The molecule has 1 aliphatic heterocycles. The summed E-state index contributed by atoms with van der Waals surface area (Å²) in [5.41, 5.74) is 2.06. The lowest BCUT2D eigenvalue weighted by Gasteiger charge is -2.34. The Balaban J connectivity index is 1.54. The van der Waals surface area contributed by atoms with E-state index in [1.807, 2.05) is 18.2 Å². The van der Waals surface area contributed by atoms with Crippen molar-refractivity contribution in [1.29, 1.82) is 0 Å². The van der Waals surface area contributed by atoms with E-state index >= 15 is 0 Å². The number of aromatic nitrogens is 2. The molecule has 1 saturated heterocycles. The SMILES string of the molecule is C=C(C)CN1CCN(CCc2nc(-c3ccc(OC)c(OC)c3)no2)CC1. The lowest BCUT2D eigenvalue weighted by molar-refractivity contribution is 0.139. The van der Waals surface area contributed by atoms with E-state index in [1.165, 1.54) is 5.57 Å². The van der Waals surface area contributed by atoms with Crippen molar-refractivity contribution in [2.75, 3.05) is 53.5 Å². The first-order valence-electron chi connectivity index (χ1n) is 9.23. The van der Waals surface area contributed by atoms with Gasteiger partial charge in [-0.3, -0.25) is 4.90 Å². The monoisotopic (exact) mass is 372 g/mol. The smallest absolute Gasteiger partial charge is 0.228 e. The molecule has 0 aliphatic carbocycles. The molecule has 0 spiro atoms. The van der Waals surface area contributed by atoms with Gasteiger partial charge in [-0.25, -0.2) is 0 Å². The fourth-order valence-corrected chi connectivity index (χ4v) is 3.26. The number of ether oxygens (including phenoxy) is 2. The number of benzene rings is 1. The second kappa shape index (κ2) is 9.01. The number of piperazine rings is 1. The maximum atomic E-state index is 5.43. The Morgan fingerprint density at radius 2 is 1.81 bits per heavy atom. The Labute approximate surface area is 160 Å². The molecule has 1 aromatic carbocycles. The summed E-state index contributed by atoms with van der Waals surface area (Å²) in [6.07, 6.45) is 0.751. The van der Waals surface area contributed by atoms with E-state index in [9.17, 15) is 0 Å². The lowest BCUT2D eigenvalue weighted by Crippen LogP contribution is -2.47. The Morgan fingerprint density at radius 3 is 2.48 bits per heavy atom. The van der Waals surface area contributed by atoms with Crippen LogP contribution >= 0.6 is 0 Å². The highest BCUT2D eigenvalue weighted by molar-refractivity contribution is 5.60. The van der Waals surface area contributed by atoms with Crippen molar-refractivity contribution in [2.45, 2.75) is 13.3 Å². The first-order valence-corrected chi connectivity index (χ1v) is 9.23. The van der Waals surface area contributed by atoms with Crippen LogP contribution in [0.3, 0.4) is 0 Å². The summed E-state index contributed by atoms with van der Waals surface area (Å²) in [6.45, 7) is 12.3. The average molecular weight is 372 g/mol. The van der Waals surface area contributed by atoms with Crippen LogP contribution in [0.15, 0.2) is 34.9 Å². The first kappa shape index (κ1) is 19.4. The molecular formula is C20H28N4O3. The third kappa shape index (κ3) is 5.08. The molecule has 0 unspecified atom stereocenters. The minimum Gasteiger partial charge on any atom is -0.493 e. The van der Waals surface area contributed by atoms with Crippen LogP contribution in [0.5, 0.6) is 11.5 Å². The van der Waals surface area contributed by atoms with Gasteiger partial charge in [-0.2, -0.15) is 4.98 Å². The number of methoxy groups -OCH3 is 2. The quantitative estimate of drug-likeness (QED) is 0.660. The molecule has 0 atom stereocenters. The summed E-state index contributed by atoms with van der Waals surface area (Å²) in [5, 5.41) is 4.11. The molecule has 1 aliphatic rings. The normalized spacial score (nSPS) is 15.7. The van der Waals surface area contributed by atoms with Gasteiger partial charge in [0.05, 0.1) is 14.2 Å². The van der Waals surface area contributed by atoms with Crippen LogP contribution in [0.1, 0.15) is 12.8 Å². The average Bonchev–Trinajstić information content (AvgIpc) is 3.15. The van der Waals surface area contributed by atoms with Crippen LogP contribution in [-0.2, 0) is 6.42 Å². The summed E-state index contributed by atoms with van der Waals surface area (Å²) in [4.78, 5) is 9.41. The van der Waals surface area contributed by atoms with E-state index in [0.29, 0.717) is 23.2 Å². The number of nitrogens with zero attached hydrogens (tertiary/aromatic N) is 4. The van der Waals surface area contributed by atoms with Gasteiger partial charge in [-0.15, -0.1) is 0 Å². The van der Waals surface area contributed by atoms with Crippen LogP contribution in [-0.4, -0.2) is 73.4 Å². The molecule has 3 rings (SSSR count). The molecule has 1 aromatic heterocycles. The van der Waals surface area contributed by atoms with Crippen molar-refractivity contribution in [2.24, 2.45) is 0 Å². The Morgan fingerprint density at radius 1 is 1.11 bits per heavy atom. The van der Waals surface area contributed by atoms with Crippen LogP contribution in [0, 0.1) is 0 Å². The molecule has 0 N–H and O–H groups in total. The van der Waals surface area contributed by atoms with Gasteiger partial charge < -0.3 is 18.9 Å². The Kier molecular flexibility index (Phi) is 6.47. The molecule has 2 heterocycles. The number of hydrogen-bond acceptors (Lipinski definition) is 7. The van der Waals surface area contributed by atoms with Gasteiger partial charge in [0.1, 0.15) is 0 Å². The maximum absolute atomic E-state index is 5.43. The Bertz CT molecular complexity index is 766. The molecule has 7 nitrogen and oxygen atoms in total. The predicted octanol–water partition coefficient (Wildman–Crippen LogP) is 2.49. The molecular weight excluding hydrogens is 344 g/mol. The van der Waals surface area contributed by atoms with Crippen LogP contribution in [0.25, 0.3) is 11.4 Å². The highest BCUT2D eigenvalue weighted by Crippen LogP contribution is 2.31. The third-order valence-corrected chi connectivity index (χ3v) is 4.71. The highest BCUT2D eigenvalue weighted by Gasteiger charge is 2.18. The largest absolute Gasteiger partial charge is 0.493 e. The molecule has 0 saturated carbocycles. The van der Waals surface area contributed by atoms with E-state index in [-0.39, 0.29) is 0 Å². The molecule has 146 valence electrons. The van der Waals surface area contributed by atoms with Crippen molar-refractivity contribution in [3.63, 3.8) is 0 Å². The van der Waals surface area contributed by atoms with Gasteiger partial charge in [0.25, 0.3) is 0 Å². The zero-order chi connectivity index (χ0) is 19.2. The van der Waals surface area contributed by atoms with Gasteiger partial charge in [-0.1, -0.05) is 17.3 Å². The summed E-state index contributed by atoms with van der Waals surface area (Å²) in [6, 6.07) is 5.60. The predicted molar refractivity (Wildman–Crippen MR) is 104 cm³/mol. The standard InChI is InChI=1S/C20H28N4O3/c1-15(2)14-24-11-9-23(10-12-24)8-7-19-21-20(22-27-19)16-5-6-17(25-3)18(13-16)26-4/h5-6,13H,1,7-12,14H2,2-4H3. The highest BCUT2D eigenvalue weighted by atomic mass is 16.5. The third-order valence-electron chi connectivity index (χ3n) is 4.71. The second-order valence-corrected chi connectivity index (χ2v) is 6.91. The fraction of sp³-hybridized carbons (Fsp3) is 0.500. The van der Waals surface area contributed by atoms with Crippen LogP contribution in [0.4, 0.5) is 0 Å². The van der Waals surface area contributed by atoms with Crippen molar-refractivity contribution in [1.82, 2.24) is 19.9 Å². The van der Waals surface area contributed by atoms with Crippen molar-refractivity contribution in [3.8, 4) is 22.9 Å². The van der Waals surface area contributed by atoms with E-state index in [2.05, 4.69) is 33.4 Å². The van der Waals surface area contributed by atoms with Crippen molar-refractivity contribution >= 4 is 0 Å². The summed E-state index contributed by atoms with van der Waals surface area (Å²) in [7, 11) is 3.22. The minimum absolute atomic E-state index is 0.567. The maximum Gasteiger partial charge on any atom is 0.228 e. The van der Waals surface area contributed by atoms with Gasteiger partial charge in [0.2, 0.25) is 11.7 Å². The van der Waals surface area contributed by atoms with E-state index in [1.54, 1.807) is 14.2 Å². The van der Waals surface area contributed by atoms with Crippen LogP contribution in [0.2, 0.25) is 0 Å². The van der Waals surface area contributed by atoms with E-state index in [4.69, 9.17) is 14.0 Å². The van der Waals surface area contributed by atoms with Crippen molar-refractivity contribution in [3.05, 3.63) is 36.2 Å². The minimum atomic E-state index is 0.567. The summed E-state index contributed by atoms with van der Waals surface area (Å²) >= 11 is 0. The van der Waals surface area contributed by atoms with Crippen molar-refractivity contribution < 1.29 is 14.0 Å². The molecule has 0 amide bonds. The summed E-state index contributed by atoms with van der Waals surface area (Å²) < 4.78 is 16.0. The second-order valence-electron chi connectivity index (χ2n) is 6.91. The zero-order valence-electron chi connectivity index (χ0n) is 16.4. The van der Waals surface area contributed by atoms with Gasteiger partial charge >= 0.3 is 0 Å². The number of hydrogen-bond donors (Lipinski definition) is 0. The first-order chi connectivity index (χ1) is 13.1. The summed E-state index contributed by atoms with van der Waals surface area (Å²) in [5.74, 6) is 2.55. The Hall–Kier alpha value is -2.38. The fourth-order valence-electron chi connectivity index (χ4n) is 3.26. The lowest BCUT2D eigenvalue weighted by atomic mass is 10.2.